The standard InChI is InChI=1S/C12H13ClO3/c1-8-3-4-9(7-10(8)13)11(14)5-6-12(15)16-2/h3-4,7H,5-6H2,1-2H3. The van der Waals surface area contributed by atoms with E-state index in [1.165, 1.54) is 7.11 Å². The van der Waals surface area contributed by atoms with Crippen LogP contribution < -0.4 is 0 Å². The van der Waals surface area contributed by atoms with Gasteiger partial charge in [-0.25, -0.2) is 0 Å². The highest BCUT2D eigenvalue weighted by Crippen LogP contribution is 2.18. The van der Waals surface area contributed by atoms with Crippen LogP contribution in [0.4, 0.5) is 0 Å². The Morgan fingerprint density at radius 2 is 2.00 bits per heavy atom. The third-order valence-corrected chi connectivity index (χ3v) is 2.68. The van der Waals surface area contributed by atoms with E-state index in [-0.39, 0.29) is 24.6 Å². The van der Waals surface area contributed by atoms with Gasteiger partial charge >= 0.3 is 5.97 Å². The average molecular weight is 241 g/mol. The van der Waals surface area contributed by atoms with Crippen molar-refractivity contribution in [2.45, 2.75) is 19.8 Å². The fourth-order valence-corrected chi connectivity index (χ4v) is 1.41. The Kier molecular flexibility index (Phi) is 4.50. The second-order valence-electron chi connectivity index (χ2n) is 3.46. The summed E-state index contributed by atoms with van der Waals surface area (Å²) in [4.78, 5) is 22.5. The number of halogens is 1. The SMILES string of the molecule is COC(=O)CCC(=O)c1ccc(C)c(Cl)c1. The van der Waals surface area contributed by atoms with Crippen molar-refractivity contribution < 1.29 is 14.3 Å². The van der Waals surface area contributed by atoms with E-state index in [0.29, 0.717) is 10.6 Å². The van der Waals surface area contributed by atoms with Crippen molar-refractivity contribution in [3.05, 3.63) is 34.3 Å². The van der Waals surface area contributed by atoms with Crippen molar-refractivity contribution in [2.24, 2.45) is 0 Å². The summed E-state index contributed by atoms with van der Waals surface area (Å²) in [6.07, 6.45) is 0.243. The van der Waals surface area contributed by atoms with Crippen LogP contribution in [0.5, 0.6) is 0 Å². The molecule has 0 saturated carbocycles. The topological polar surface area (TPSA) is 43.4 Å². The molecule has 16 heavy (non-hydrogen) atoms. The number of rotatable bonds is 4. The molecule has 0 spiro atoms. The van der Waals surface area contributed by atoms with Gasteiger partial charge in [-0.3, -0.25) is 9.59 Å². The van der Waals surface area contributed by atoms with Crippen LogP contribution >= 0.6 is 11.6 Å². The van der Waals surface area contributed by atoms with Crippen LogP contribution in [0, 0.1) is 6.92 Å². The van der Waals surface area contributed by atoms with Crippen molar-refractivity contribution in [1.82, 2.24) is 0 Å². The molecule has 0 N–H and O–H groups in total. The molecule has 0 heterocycles. The second kappa shape index (κ2) is 5.66. The first-order valence-corrected chi connectivity index (χ1v) is 5.28. The molecule has 0 saturated heterocycles. The maximum absolute atomic E-state index is 11.7. The Bertz CT molecular complexity index is 413. The Labute approximate surface area is 99.4 Å². The molecule has 0 aliphatic rings. The number of ketones is 1. The molecule has 4 heteroatoms. The quantitative estimate of drug-likeness (QED) is 0.600. The number of Topliss-reactive ketones (excluding diaryl/α,β-unsaturated/α-hetero) is 1. The minimum atomic E-state index is -0.383. The lowest BCUT2D eigenvalue weighted by Gasteiger charge is -2.03. The number of ether oxygens (including phenoxy) is 1. The van der Waals surface area contributed by atoms with Gasteiger partial charge in [0.25, 0.3) is 0 Å². The minimum absolute atomic E-state index is 0.0980. The number of carbonyl (C=O) groups excluding carboxylic acids is 2. The van der Waals surface area contributed by atoms with Crippen LogP contribution in [0.2, 0.25) is 5.02 Å². The Hall–Kier alpha value is -1.35. The van der Waals surface area contributed by atoms with Crippen molar-refractivity contribution in [3.8, 4) is 0 Å². The number of methoxy groups -OCH3 is 1. The molecular weight excluding hydrogens is 228 g/mol. The maximum atomic E-state index is 11.7. The summed E-state index contributed by atoms with van der Waals surface area (Å²) in [7, 11) is 1.30. The predicted octanol–water partition coefficient (Wildman–Crippen LogP) is 2.78. The van der Waals surface area contributed by atoms with E-state index in [1.54, 1.807) is 18.2 Å². The van der Waals surface area contributed by atoms with E-state index >= 15 is 0 Å². The van der Waals surface area contributed by atoms with Gasteiger partial charge in [0, 0.05) is 17.0 Å². The van der Waals surface area contributed by atoms with Gasteiger partial charge < -0.3 is 4.74 Å². The lowest BCUT2D eigenvalue weighted by Crippen LogP contribution is -2.06. The largest absolute Gasteiger partial charge is 0.469 e. The van der Waals surface area contributed by atoms with Gasteiger partial charge in [-0.15, -0.1) is 0 Å². The van der Waals surface area contributed by atoms with Gasteiger partial charge in [-0.05, 0) is 18.6 Å². The van der Waals surface area contributed by atoms with Gasteiger partial charge in [-0.1, -0.05) is 23.7 Å². The minimum Gasteiger partial charge on any atom is -0.469 e. The summed E-state index contributed by atoms with van der Waals surface area (Å²) in [6.45, 7) is 1.87. The van der Waals surface area contributed by atoms with Gasteiger partial charge in [0.05, 0.1) is 13.5 Å². The van der Waals surface area contributed by atoms with E-state index in [2.05, 4.69) is 4.74 Å². The van der Waals surface area contributed by atoms with Gasteiger partial charge in [0.2, 0.25) is 0 Å². The summed E-state index contributed by atoms with van der Waals surface area (Å²) in [5.41, 5.74) is 1.45. The summed E-state index contributed by atoms with van der Waals surface area (Å²) in [5.74, 6) is -0.487. The van der Waals surface area contributed by atoms with Crippen LogP contribution in [0.25, 0.3) is 0 Å². The molecular formula is C12H13ClO3. The molecule has 0 radical (unpaired) electrons. The van der Waals surface area contributed by atoms with Gasteiger partial charge in [0.15, 0.2) is 5.78 Å². The molecule has 3 nitrogen and oxygen atoms in total. The highest BCUT2D eigenvalue weighted by Gasteiger charge is 2.10. The van der Waals surface area contributed by atoms with Crippen LogP contribution in [-0.2, 0) is 9.53 Å². The first-order valence-electron chi connectivity index (χ1n) is 4.90. The number of benzene rings is 1. The molecule has 0 atom stereocenters. The lowest BCUT2D eigenvalue weighted by molar-refractivity contribution is -0.140. The molecule has 1 rings (SSSR count). The molecule has 0 bridgehead atoms. The van der Waals surface area contributed by atoms with E-state index in [0.717, 1.165) is 5.56 Å². The second-order valence-corrected chi connectivity index (χ2v) is 3.87. The van der Waals surface area contributed by atoms with E-state index in [1.807, 2.05) is 6.92 Å². The predicted molar refractivity (Wildman–Crippen MR) is 61.8 cm³/mol. The average Bonchev–Trinajstić information content (AvgIpc) is 2.29. The van der Waals surface area contributed by atoms with Crippen LogP contribution in [-0.4, -0.2) is 18.9 Å². The number of hydrogen-bond donors (Lipinski definition) is 0. The van der Waals surface area contributed by atoms with Crippen LogP contribution in [0.15, 0.2) is 18.2 Å². The Morgan fingerprint density at radius 1 is 1.31 bits per heavy atom. The molecule has 0 aromatic heterocycles. The van der Waals surface area contributed by atoms with E-state index in [4.69, 9.17) is 11.6 Å². The maximum Gasteiger partial charge on any atom is 0.305 e. The molecule has 0 fully saturated rings. The molecule has 1 aromatic rings. The molecule has 86 valence electrons. The first-order chi connectivity index (χ1) is 7.54. The summed E-state index contributed by atoms with van der Waals surface area (Å²) >= 11 is 5.90. The van der Waals surface area contributed by atoms with Crippen molar-refractivity contribution >= 4 is 23.4 Å². The smallest absolute Gasteiger partial charge is 0.305 e. The molecule has 0 amide bonds. The van der Waals surface area contributed by atoms with Crippen LogP contribution in [0.1, 0.15) is 28.8 Å². The van der Waals surface area contributed by atoms with E-state index < -0.39 is 0 Å². The zero-order valence-electron chi connectivity index (χ0n) is 9.25. The first kappa shape index (κ1) is 12.7. The Morgan fingerprint density at radius 3 is 2.56 bits per heavy atom. The molecule has 0 aliphatic carbocycles. The number of esters is 1. The zero-order valence-corrected chi connectivity index (χ0v) is 10.0. The summed E-state index contributed by atoms with van der Waals surface area (Å²) < 4.78 is 4.46. The number of aryl methyl sites for hydroxylation is 1. The zero-order chi connectivity index (χ0) is 12.1. The normalized spacial score (nSPS) is 9.94. The Balaban J connectivity index is 2.66. The van der Waals surface area contributed by atoms with Crippen LogP contribution in [0.3, 0.4) is 0 Å². The highest BCUT2D eigenvalue weighted by atomic mass is 35.5. The fraction of sp³-hybridized carbons (Fsp3) is 0.333. The third-order valence-electron chi connectivity index (χ3n) is 2.28. The van der Waals surface area contributed by atoms with Gasteiger partial charge in [-0.2, -0.15) is 0 Å². The monoisotopic (exact) mass is 240 g/mol. The van der Waals surface area contributed by atoms with Crippen molar-refractivity contribution in [2.75, 3.05) is 7.11 Å². The number of hydrogen-bond acceptors (Lipinski definition) is 3. The lowest BCUT2D eigenvalue weighted by atomic mass is 10.1. The summed E-state index contributed by atoms with van der Waals surface area (Å²) in [5, 5.41) is 0.559. The highest BCUT2D eigenvalue weighted by molar-refractivity contribution is 6.31. The van der Waals surface area contributed by atoms with Crippen molar-refractivity contribution in [1.29, 1.82) is 0 Å². The van der Waals surface area contributed by atoms with Gasteiger partial charge in [0.1, 0.15) is 0 Å². The summed E-state index contributed by atoms with van der Waals surface area (Å²) in [6, 6.07) is 5.12. The third kappa shape index (κ3) is 3.35. The fourth-order valence-electron chi connectivity index (χ4n) is 1.23. The molecule has 1 aromatic carbocycles. The van der Waals surface area contributed by atoms with E-state index in [9.17, 15) is 9.59 Å². The molecule has 0 unspecified atom stereocenters. The van der Waals surface area contributed by atoms with Crippen molar-refractivity contribution in [3.63, 3.8) is 0 Å². The molecule has 0 aliphatic heterocycles. The number of carbonyl (C=O) groups is 2.